The highest BCUT2D eigenvalue weighted by Crippen LogP contribution is 2.38. The minimum atomic E-state index is -4.31. The van der Waals surface area contributed by atoms with Gasteiger partial charge in [0.25, 0.3) is 12.3 Å². The van der Waals surface area contributed by atoms with Crippen LogP contribution in [0.5, 0.6) is 5.88 Å². The summed E-state index contributed by atoms with van der Waals surface area (Å²) in [4.78, 5) is 36.1. The summed E-state index contributed by atoms with van der Waals surface area (Å²) in [5.74, 6) is -3.18. The van der Waals surface area contributed by atoms with E-state index < -0.39 is 55.0 Å². The van der Waals surface area contributed by atoms with Crippen LogP contribution < -0.4 is 20.7 Å². The third-order valence-corrected chi connectivity index (χ3v) is 7.55. The summed E-state index contributed by atoms with van der Waals surface area (Å²) in [6.45, 7) is 0.231. The molecule has 234 valence electrons. The molecule has 3 aromatic rings. The molecule has 2 heterocycles. The van der Waals surface area contributed by atoms with Crippen molar-refractivity contribution in [2.24, 2.45) is 5.92 Å². The molecular weight excluding hydrogens is 626 g/mol. The van der Waals surface area contributed by atoms with Gasteiger partial charge in [-0.05, 0) is 50.3 Å². The number of aliphatic hydroxyl groups is 1. The average Bonchev–Trinajstić information content (AvgIpc) is 3.34. The van der Waals surface area contributed by atoms with E-state index in [1.54, 1.807) is 6.07 Å². The predicted octanol–water partition coefficient (Wildman–Crippen LogP) is 5.50. The molecule has 1 aliphatic rings. The molecule has 1 saturated carbocycles. The SMILES string of the molecule is C[C@H](O)C(=O)NCc1ccc(Cl)c(Nc2nc3nc(OCC(F)F)c(C(=O)NC4CCC(C(F)(F)F)CC4)cc3[nH]2)c1Cl. The van der Waals surface area contributed by atoms with Gasteiger partial charge in [-0.15, -0.1) is 0 Å². The number of nitrogens with one attached hydrogen (secondary N) is 4. The number of aromatic amines is 1. The Bertz CT molecular complexity index is 1480. The van der Waals surface area contributed by atoms with Crippen molar-refractivity contribution >= 4 is 57.8 Å². The first kappa shape index (κ1) is 32.5. The molecule has 10 nitrogen and oxygen atoms in total. The number of anilines is 2. The van der Waals surface area contributed by atoms with Gasteiger partial charge >= 0.3 is 6.18 Å². The van der Waals surface area contributed by atoms with Crippen molar-refractivity contribution in [3.8, 4) is 5.88 Å². The van der Waals surface area contributed by atoms with Gasteiger partial charge in [0.1, 0.15) is 11.7 Å². The maximum absolute atomic E-state index is 13.1. The molecule has 4 rings (SSSR count). The van der Waals surface area contributed by atoms with E-state index in [0.29, 0.717) is 5.56 Å². The summed E-state index contributed by atoms with van der Waals surface area (Å²) in [5, 5.41) is 17.8. The highest BCUT2D eigenvalue weighted by Gasteiger charge is 2.41. The Kier molecular flexibility index (Phi) is 10.2. The molecule has 1 atom stereocenters. The molecule has 43 heavy (non-hydrogen) atoms. The number of amides is 2. The molecule has 0 aliphatic heterocycles. The quantitative estimate of drug-likeness (QED) is 0.182. The molecule has 0 saturated heterocycles. The van der Waals surface area contributed by atoms with Crippen LogP contribution in [-0.4, -0.2) is 63.2 Å². The van der Waals surface area contributed by atoms with Gasteiger partial charge in [-0.2, -0.15) is 23.1 Å². The second kappa shape index (κ2) is 13.5. The Morgan fingerprint density at radius 1 is 1.16 bits per heavy atom. The topological polar surface area (TPSA) is 141 Å². The monoisotopic (exact) mass is 652 g/mol. The number of imidazole rings is 1. The van der Waals surface area contributed by atoms with Crippen LogP contribution in [0.15, 0.2) is 18.2 Å². The van der Waals surface area contributed by atoms with Crippen LogP contribution in [0.2, 0.25) is 10.0 Å². The normalized spacial score (nSPS) is 18.0. The lowest BCUT2D eigenvalue weighted by Gasteiger charge is -2.30. The first-order valence-corrected chi connectivity index (χ1v) is 13.9. The molecule has 0 radical (unpaired) electrons. The zero-order valence-electron chi connectivity index (χ0n) is 22.5. The molecule has 1 aliphatic carbocycles. The standard InChI is InChI=1S/C26H27Cl2F5N6O4/c1-11(40)22(41)34-9-12-2-7-16(27)20(19(12)28)37-25-36-17-8-15(24(38-21(17)39-25)43-10-18(29)30)23(42)35-14-5-3-13(4-6-14)26(31,32)33/h2,7-8,11,13-14,18,40H,3-6,9-10H2,1H3,(H,34,41)(H,35,42)(H2,36,37,38,39)/t11-,13?,14?/m0/s1. The van der Waals surface area contributed by atoms with Crippen LogP contribution in [0.1, 0.15) is 48.5 Å². The van der Waals surface area contributed by atoms with Crippen molar-refractivity contribution in [2.75, 3.05) is 11.9 Å². The highest BCUT2D eigenvalue weighted by atomic mass is 35.5. The maximum atomic E-state index is 13.1. The zero-order valence-corrected chi connectivity index (χ0v) is 24.0. The van der Waals surface area contributed by atoms with Crippen LogP contribution in [0.3, 0.4) is 0 Å². The number of hydrogen-bond acceptors (Lipinski definition) is 7. The molecule has 17 heteroatoms. The Labute approximate surface area is 251 Å². The largest absolute Gasteiger partial charge is 0.471 e. The fraction of sp³-hybridized carbons (Fsp3) is 0.462. The lowest BCUT2D eigenvalue weighted by atomic mass is 9.85. The van der Waals surface area contributed by atoms with Crippen molar-refractivity contribution in [3.63, 3.8) is 0 Å². The Balaban J connectivity index is 1.57. The molecular formula is C26H27Cl2F5N6O4. The van der Waals surface area contributed by atoms with E-state index in [1.165, 1.54) is 19.1 Å². The summed E-state index contributed by atoms with van der Waals surface area (Å²) in [7, 11) is 0. The minimum Gasteiger partial charge on any atom is -0.471 e. The first-order chi connectivity index (χ1) is 20.2. The van der Waals surface area contributed by atoms with Crippen molar-refractivity contribution in [2.45, 2.75) is 63.9 Å². The van der Waals surface area contributed by atoms with E-state index in [4.69, 9.17) is 27.9 Å². The number of benzene rings is 1. The third-order valence-electron chi connectivity index (χ3n) is 6.80. The lowest BCUT2D eigenvalue weighted by molar-refractivity contribution is -0.182. The predicted molar refractivity (Wildman–Crippen MR) is 148 cm³/mol. The fourth-order valence-electron chi connectivity index (χ4n) is 4.52. The van der Waals surface area contributed by atoms with E-state index in [1.807, 2.05) is 0 Å². The third kappa shape index (κ3) is 8.15. The average molecular weight is 653 g/mol. The van der Waals surface area contributed by atoms with Gasteiger partial charge in [0.05, 0.1) is 27.2 Å². The number of H-pyrrole nitrogens is 1. The van der Waals surface area contributed by atoms with Crippen molar-refractivity contribution in [1.29, 1.82) is 0 Å². The Morgan fingerprint density at radius 3 is 2.49 bits per heavy atom. The van der Waals surface area contributed by atoms with Gasteiger partial charge in [0.15, 0.2) is 12.3 Å². The number of aliphatic hydroxyl groups excluding tert-OH is 1. The van der Waals surface area contributed by atoms with Crippen LogP contribution >= 0.6 is 23.2 Å². The number of halogens is 7. The molecule has 0 spiro atoms. The second-order valence-corrected chi connectivity index (χ2v) is 10.8. The van der Waals surface area contributed by atoms with Crippen LogP contribution in [0.4, 0.5) is 33.6 Å². The molecule has 2 aromatic heterocycles. The number of pyridine rings is 1. The number of aromatic nitrogens is 3. The van der Waals surface area contributed by atoms with Gasteiger partial charge in [0.2, 0.25) is 17.7 Å². The number of alkyl halides is 5. The number of ether oxygens (including phenoxy) is 1. The molecule has 1 fully saturated rings. The summed E-state index contributed by atoms with van der Waals surface area (Å²) in [6.07, 6.45) is -8.50. The van der Waals surface area contributed by atoms with Crippen LogP contribution in [0.25, 0.3) is 11.2 Å². The van der Waals surface area contributed by atoms with Crippen LogP contribution in [0, 0.1) is 5.92 Å². The molecule has 2 amide bonds. The zero-order chi connectivity index (χ0) is 31.5. The maximum Gasteiger partial charge on any atom is 0.391 e. The number of fused-ring (bicyclic) bond motifs is 1. The molecule has 0 unspecified atom stereocenters. The smallest absolute Gasteiger partial charge is 0.391 e. The van der Waals surface area contributed by atoms with E-state index in [9.17, 15) is 36.6 Å². The Hall–Kier alpha value is -3.43. The van der Waals surface area contributed by atoms with Crippen molar-refractivity contribution in [3.05, 3.63) is 39.4 Å². The van der Waals surface area contributed by atoms with Gasteiger partial charge in [-0.1, -0.05) is 29.3 Å². The Morgan fingerprint density at radius 2 is 1.86 bits per heavy atom. The fourth-order valence-corrected chi connectivity index (χ4v) is 5.06. The van der Waals surface area contributed by atoms with Gasteiger partial charge in [-0.25, -0.2) is 8.78 Å². The van der Waals surface area contributed by atoms with E-state index in [2.05, 4.69) is 30.9 Å². The van der Waals surface area contributed by atoms with Crippen molar-refractivity contribution in [1.82, 2.24) is 25.6 Å². The number of carbonyl (C=O) groups excluding carboxylic acids is 2. The van der Waals surface area contributed by atoms with E-state index in [-0.39, 0.29) is 70.6 Å². The lowest BCUT2D eigenvalue weighted by Crippen LogP contribution is -2.40. The molecule has 1 aromatic carbocycles. The number of hydrogen-bond donors (Lipinski definition) is 5. The molecule has 5 N–H and O–H groups in total. The first-order valence-electron chi connectivity index (χ1n) is 13.1. The number of carbonyl (C=O) groups is 2. The van der Waals surface area contributed by atoms with E-state index >= 15 is 0 Å². The van der Waals surface area contributed by atoms with Crippen molar-refractivity contribution < 1.29 is 41.4 Å². The number of nitrogens with zero attached hydrogens (tertiary/aromatic N) is 2. The summed E-state index contributed by atoms with van der Waals surface area (Å²) in [6, 6.07) is 3.82. The summed E-state index contributed by atoms with van der Waals surface area (Å²) in [5.41, 5.74) is 0.635. The van der Waals surface area contributed by atoms with E-state index in [0.717, 1.165) is 0 Å². The highest BCUT2D eigenvalue weighted by molar-refractivity contribution is 6.39. The molecule has 0 bridgehead atoms. The number of rotatable bonds is 10. The van der Waals surface area contributed by atoms with Gasteiger partial charge < -0.3 is 30.8 Å². The minimum absolute atomic E-state index is 0.0124. The van der Waals surface area contributed by atoms with Gasteiger partial charge in [0, 0.05) is 12.6 Å². The summed E-state index contributed by atoms with van der Waals surface area (Å²) >= 11 is 12.8. The van der Waals surface area contributed by atoms with Gasteiger partial charge in [-0.3, -0.25) is 9.59 Å². The van der Waals surface area contributed by atoms with Crippen LogP contribution in [-0.2, 0) is 11.3 Å². The second-order valence-electron chi connectivity index (χ2n) is 9.98. The summed E-state index contributed by atoms with van der Waals surface area (Å²) < 4.78 is 70.0.